The standard InChI is InChI=1S/C15H19F2NO/c1-2-10-5-3-6-11(9-10)18-15(19)12-7-4-8-13(16)14(12)17/h4,7-8,10-11H,2-3,5-6,9H2,1H3,(H,18,19). The fraction of sp³-hybridized carbons (Fsp3) is 0.533. The van der Waals surface area contributed by atoms with Crippen molar-refractivity contribution in [2.75, 3.05) is 0 Å². The van der Waals surface area contributed by atoms with Crippen molar-refractivity contribution in [2.45, 2.75) is 45.1 Å². The topological polar surface area (TPSA) is 29.1 Å². The van der Waals surface area contributed by atoms with Crippen LogP contribution < -0.4 is 5.32 Å². The van der Waals surface area contributed by atoms with Crippen molar-refractivity contribution in [3.05, 3.63) is 35.4 Å². The molecular formula is C15H19F2NO. The highest BCUT2D eigenvalue weighted by molar-refractivity contribution is 5.94. The smallest absolute Gasteiger partial charge is 0.254 e. The van der Waals surface area contributed by atoms with Gasteiger partial charge in [0.1, 0.15) is 0 Å². The highest BCUT2D eigenvalue weighted by Crippen LogP contribution is 2.26. The van der Waals surface area contributed by atoms with Crippen LogP contribution in [0.4, 0.5) is 8.78 Å². The summed E-state index contributed by atoms with van der Waals surface area (Å²) in [6.45, 7) is 2.14. The number of carbonyl (C=O) groups excluding carboxylic acids is 1. The number of rotatable bonds is 3. The Bertz CT molecular complexity index is 461. The van der Waals surface area contributed by atoms with E-state index in [0.29, 0.717) is 5.92 Å². The lowest BCUT2D eigenvalue weighted by atomic mass is 9.84. The number of halogens is 2. The van der Waals surface area contributed by atoms with Gasteiger partial charge in [0.15, 0.2) is 11.6 Å². The van der Waals surface area contributed by atoms with Crippen molar-refractivity contribution in [3.63, 3.8) is 0 Å². The van der Waals surface area contributed by atoms with Gasteiger partial charge in [0.05, 0.1) is 5.56 Å². The van der Waals surface area contributed by atoms with E-state index in [-0.39, 0.29) is 11.6 Å². The fourth-order valence-electron chi connectivity index (χ4n) is 2.74. The molecule has 2 unspecified atom stereocenters. The molecule has 1 aliphatic rings. The van der Waals surface area contributed by atoms with Crippen LogP contribution in [0, 0.1) is 17.6 Å². The minimum absolute atomic E-state index is 0.0777. The molecular weight excluding hydrogens is 248 g/mol. The molecule has 1 aromatic carbocycles. The first-order valence-corrected chi connectivity index (χ1v) is 6.86. The zero-order valence-corrected chi connectivity index (χ0v) is 11.1. The molecule has 1 N–H and O–H groups in total. The Morgan fingerprint density at radius 3 is 2.89 bits per heavy atom. The molecule has 1 aromatic rings. The quantitative estimate of drug-likeness (QED) is 0.889. The number of amides is 1. The normalized spacial score (nSPS) is 23.1. The van der Waals surface area contributed by atoms with Crippen molar-refractivity contribution in [3.8, 4) is 0 Å². The monoisotopic (exact) mass is 267 g/mol. The van der Waals surface area contributed by atoms with E-state index in [1.165, 1.54) is 18.6 Å². The van der Waals surface area contributed by atoms with Crippen LogP contribution in [0.5, 0.6) is 0 Å². The number of hydrogen-bond donors (Lipinski definition) is 1. The third-order valence-electron chi connectivity index (χ3n) is 3.89. The summed E-state index contributed by atoms with van der Waals surface area (Å²) in [5.41, 5.74) is -0.210. The molecule has 1 fully saturated rings. The minimum Gasteiger partial charge on any atom is -0.349 e. The van der Waals surface area contributed by atoms with Gasteiger partial charge in [0.2, 0.25) is 0 Å². The van der Waals surface area contributed by atoms with Crippen LogP contribution in [0.2, 0.25) is 0 Å². The van der Waals surface area contributed by atoms with Gasteiger partial charge in [0, 0.05) is 6.04 Å². The maximum atomic E-state index is 13.5. The van der Waals surface area contributed by atoms with Gasteiger partial charge in [-0.15, -0.1) is 0 Å². The maximum absolute atomic E-state index is 13.5. The van der Waals surface area contributed by atoms with Gasteiger partial charge in [-0.2, -0.15) is 0 Å². The van der Waals surface area contributed by atoms with Crippen molar-refractivity contribution in [1.82, 2.24) is 5.32 Å². The summed E-state index contributed by atoms with van der Waals surface area (Å²) in [5.74, 6) is -1.94. The molecule has 19 heavy (non-hydrogen) atoms. The lowest BCUT2D eigenvalue weighted by molar-refractivity contribution is 0.0914. The molecule has 0 spiro atoms. The van der Waals surface area contributed by atoms with Crippen molar-refractivity contribution < 1.29 is 13.6 Å². The van der Waals surface area contributed by atoms with E-state index in [1.54, 1.807) is 0 Å². The van der Waals surface area contributed by atoms with Crippen LogP contribution in [0.3, 0.4) is 0 Å². The lowest BCUT2D eigenvalue weighted by Crippen LogP contribution is -2.38. The highest BCUT2D eigenvalue weighted by atomic mass is 19.2. The van der Waals surface area contributed by atoms with Gasteiger partial charge in [-0.05, 0) is 30.9 Å². The predicted octanol–water partition coefficient (Wildman–Crippen LogP) is 3.66. The van der Waals surface area contributed by atoms with Gasteiger partial charge in [0.25, 0.3) is 5.91 Å². The number of nitrogens with one attached hydrogen (secondary N) is 1. The van der Waals surface area contributed by atoms with Crippen LogP contribution in [0.15, 0.2) is 18.2 Å². The van der Waals surface area contributed by atoms with Crippen molar-refractivity contribution >= 4 is 5.91 Å². The van der Waals surface area contributed by atoms with E-state index in [2.05, 4.69) is 12.2 Å². The Hall–Kier alpha value is -1.45. The summed E-state index contributed by atoms with van der Waals surface area (Å²) >= 11 is 0. The summed E-state index contributed by atoms with van der Waals surface area (Å²) < 4.78 is 26.6. The maximum Gasteiger partial charge on any atom is 0.254 e. The Morgan fingerprint density at radius 1 is 1.37 bits per heavy atom. The molecule has 2 nitrogen and oxygen atoms in total. The first-order chi connectivity index (χ1) is 9.11. The van der Waals surface area contributed by atoms with Crippen molar-refractivity contribution in [1.29, 1.82) is 0 Å². The molecule has 0 heterocycles. The molecule has 0 bridgehead atoms. The molecule has 0 radical (unpaired) electrons. The van der Waals surface area contributed by atoms with E-state index in [4.69, 9.17) is 0 Å². The lowest BCUT2D eigenvalue weighted by Gasteiger charge is -2.29. The SMILES string of the molecule is CCC1CCCC(NC(=O)c2cccc(F)c2F)C1. The van der Waals surface area contributed by atoms with Gasteiger partial charge >= 0.3 is 0 Å². The van der Waals surface area contributed by atoms with E-state index >= 15 is 0 Å². The number of hydrogen-bond acceptors (Lipinski definition) is 1. The molecule has 4 heteroatoms. The van der Waals surface area contributed by atoms with Gasteiger partial charge < -0.3 is 5.32 Å². The summed E-state index contributed by atoms with van der Waals surface area (Å²) in [6, 6.07) is 3.75. The van der Waals surface area contributed by atoms with Crippen LogP contribution >= 0.6 is 0 Å². The summed E-state index contributed by atoms with van der Waals surface area (Å²) in [5, 5.41) is 2.82. The van der Waals surface area contributed by atoms with E-state index in [0.717, 1.165) is 31.7 Å². The Kier molecular flexibility index (Phi) is 4.51. The molecule has 0 aromatic heterocycles. The average Bonchev–Trinajstić information content (AvgIpc) is 2.42. The first-order valence-electron chi connectivity index (χ1n) is 6.86. The molecule has 2 rings (SSSR count). The van der Waals surface area contributed by atoms with Gasteiger partial charge in [-0.3, -0.25) is 4.79 Å². The molecule has 104 valence electrons. The molecule has 1 amide bonds. The molecule has 1 aliphatic carbocycles. The summed E-state index contributed by atoms with van der Waals surface area (Å²) in [7, 11) is 0. The Morgan fingerprint density at radius 2 is 2.16 bits per heavy atom. The van der Waals surface area contributed by atoms with Crippen LogP contribution in [0.25, 0.3) is 0 Å². The van der Waals surface area contributed by atoms with Gasteiger partial charge in [-0.1, -0.05) is 32.3 Å². The second-order valence-corrected chi connectivity index (χ2v) is 5.21. The second-order valence-electron chi connectivity index (χ2n) is 5.21. The summed E-state index contributed by atoms with van der Waals surface area (Å²) in [4.78, 5) is 12.0. The molecule has 0 aliphatic heterocycles. The second kappa shape index (κ2) is 6.13. The molecule has 1 saturated carbocycles. The largest absolute Gasteiger partial charge is 0.349 e. The third kappa shape index (κ3) is 3.31. The average molecular weight is 267 g/mol. The van der Waals surface area contributed by atoms with E-state index in [9.17, 15) is 13.6 Å². The molecule has 0 saturated heterocycles. The Labute approximate surface area is 112 Å². The van der Waals surface area contributed by atoms with Crippen LogP contribution in [-0.4, -0.2) is 11.9 Å². The van der Waals surface area contributed by atoms with E-state index in [1.807, 2.05) is 0 Å². The van der Waals surface area contributed by atoms with E-state index < -0.39 is 17.5 Å². The van der Waals surface area contributed by atoms with Crippen LogP contribution in [-0.2, 0) is 0 Å². The van der Waals surface area contributed by atoms with Crippen LogP contribution in [0.1, 0.15) is 49.4 Å². The minimum atomic E-state index is -1.07. The zero-order valence-electron chi connectivity index (χ0n) is 11.1. The number of carbonyl (C=O) groups is 1. The number of benzene rings is 1. The predicted molar refractivity (Wildman–Crippen MR) is 69.9 cm³/mol. The zero-order chi connectivity index (χ0) is 13.8. The van der Waals surface area contributed by atoms with Gasteiger partial charge in [-0.25, -0.2) is 8.78 Å². The molecule has 2 atom stereocenters. The summed E-state index contributed by atoms with van der Waals surface area (Å²) in [6.07, 6.45) is 5.21. The fourth-order valence-corrected chi connectivity index (χ4v) is 2.74. The highest BCUT2D eigenvalue weighted by Gasteiger charge is 2.24. The Balaban J connectivity index is 2.02. The third-order valence-corrected chi connectivity index (χ3v) is 3.89. The van der Waals surface area contributed by atoms with Crippen molar-refractivity contribution in [2.24, 2.45) is 5.92 Å². The first kappa shape index (κ1) is 14.0.